The average molecular weight is 287 g/mol. The molecule has 1 saturated heterocycles. The lowest BCUT2D eigenvalue weighted by Gasteiger charge is -2.42. The predicted molar refractivity (Wildman–Crippen MR) is 77.7 cm³/mol. The van der Waals surface area contributed by atoms with Gasteiger partial charge in [0.05, 0.1) is 12.5 Å². The van der Waals surface area contributed by atoms with Gasteiger partial charge < -0.3 is 19.1 Å². The van der Waals surface area contributed by atoms with Gasteiger partial charge in [-0.15, -0.1) is 0 Å². The maximum atomic E-state index is 12.0. The highest BCUT2D eigenvalue weighted by molar-refractivity contribution is 5.70. The quantitative estimate of drug-likeness (QED) is 0.669. The molecule has 5 heteroatoms. The molecule has 118 valence electrons. The molecule has 20 heavy (non-hydrogen) atoms. The van der Waals surface area contributed by atoms with Gasteiger partial charge in [0.1, 0.15) is 5.60 Å². The summed E-state index contributed by atoms with van der Waals surface area (Å²) in [6.07, 6.45) is 0.670. The van der Waals surface area contributed by atoms with Crippen molar-refractivity contribution in [3.05, 3.63) is 0 Å². The SMILES string of the molecule is CCN(CC)CCC(=O)O[C@H]1C(C)OCC[C@@]1(C)OC. The zero-order valence-corrected chi connectivity index (χ0v) is 13.5. The van der Waals surface area contributed by atoms with Crippen LogP contribution in [-0.2, 0) is 19.0 Å². The molecule has 0 bridgehead atoms. The second-order valence-corrected chi connectivity index (χ2v) is 5.53. The van der Waals surface area contributed by atoms with E-state index in [2.05, 4.69) is 18.7 Å². The Morgan fingerprint density at radius 2 is 2.05 bits per heavy atom. The largest absolute Gasteiger partial charge is 0.456 e. The van der Waals surface area contributed by atoms with Crippen LogP contribution in [-0.4, -0.2) is 62.0 Å². The first-order chi connectivity index (χ1) is 9.46. The van der Waals surface area contributed by atoms with Crippen LogP contribution in [0.1, 0.15) is 40.5 Å². The molecule has 1 aliphatic heterocycles. The molecule has 1 fully saturated rings. The van der Waals surface area contributed by atoms with E-state index in [0.29, 0.717) is 13.0 Å². The number of esters is 1. The second kappa shape index (κ2) is 7.96. The highest BCUT2D eigenvalue weighted by atomic mass is 16.6. The van der Waals surface area contributed by atoms with E-state index in [1.165, 1.54) is 0 Å². The summed E-state index contributed by atoms with van der Waals surface area (Å²) in [5, 5.41) is 0. The summed E-state index contributed by atoms with van der Waals surface area (Å²) < 4.78 is 16.8. The van der Waals surface area contributed by atoms with E-state index in [0.717, 1.165) is 26.1 Å². The van der Waals surface area contributed by atoms with Crippen molar-refractivity contribution < 1.29 is 19.0 Å². The number of hydrogen-bond donors (Lipinski definition) is 0. The van der Waals surface area contributed by atoms with Gasteiger partial charge in [-0.25, -0.2) is 0 Å². The van der Waals surface area contributed by atoms with Gasteiger partial charge in [-0.05, 0) is 26.9 Å². The van der Waals surface area contributed by atoms with E-state index in [1.807, 2.05) is 13.8 Å². The molecule has 5 nitrogen and oxygen atoms in total. The van der Waals surface area contributed by atoms with E-state index in [1.54, 1.807) is 7.11 Å². The predicted octanol–water partition coefficient (Wildman–Crippen LogP) is 1.84. The van der Waals surface area contributed by atoms with Crippen LogP contribution >= 0.6 is 0 Å². The van der Waals surface area contributed by atoms with Gasteiger partial charge in [-0.3, -0.25) is 4.79 Å². The molecule has 0 amide bonds. The summed E-state index contributed by atoms with van der Waals surface area (Å²) in [5.41, 5.74) is -0.456. The van der Waals surface area contributed by atoms with E-state index in [-0.39, 0.29) is 18.2 Å². The summed E-state index contributed by atoms with van der Waals surface area (Å²) in [6, 6.07) is 0. The number of hydrogen-bond acceptors (Lipinski definition) is 5. The molecule has 3 atom stereocenters. The molecule has 0 aromatic carbocycles. The Bertz CT molecular complexity index is 306. The van der Waals surface area contributed by atoms with Crippen molar-refractivity contribution in [1.29, 1.82) is 0 Å². The maximum absolute atomic E-state index is 12.0. The smallest absolute Gasteiger partial charge is 0.307 e. The summed E-state index contributed by atoms with van der Waals surface area (Å²) in [6.45, 7) is 11.4. The van der Waals surface area contributed by atoms with Gasteiger partial charge in [-0.1, -0.05) is 13.8 Å². The van der Waals surface area contributed by atoms with Gasteiger partial charge in [0.15, 0.2) is 6.10 Å². The monoisotopic (exact) mass is 287 g/mol. The molecule has 0 aromatic heterocycles. The third-order valence-electron chi connectivity index (χ3n) is 4.26. The van der Waals surface area contributed by atoms with E-state index < -0.39 is 5.60 Å². The fourth-order valence-corrected chi connectivity index (χ4v) is 2.60. The summed E-state index contributed by atoms with van der Waals surface area (Å²) >= 11 is 0. The van der Waals surface area contributed by atoms with Crippen molar-refractivity contribution >= 4 is 5.97 Å². The minimum Gasteiger partial charge on any atom is -0.456 e. The average Bonchev–Trinajstić information content (AvgIpc) is 2.44. The number of rotatable bonds is 7. The number of methoxy groups -OCH3 is 1. The normalized spacial score (nSPS) is 30.5. The Morgan fingerprint density at radius 1 is 1.40 bits per heavy atom. The molecular weight excluding hydrogens is 258 g/mol. The Morgan fingerprint density at radius 3 is 2.60 bits per heavy atom. The van der Waals surface area contributed by atoms with Crippen molar-refractivity contribution in [2.75, 3.05) is 33.4 Å². The Balaban J connectivity index is 2.53. The molecule has 0 N–H and O–H groups in total. The lowest BCUT2D eigenvalue weighted by atomic mass is 9.89. The van der Waals surface area contributed by atoms with Crippen molar-refractivity contribution in [1.82, 2.24) is 4.90 Å². The van der Waals surface area contributed by atoms with E-state index >= 15 is 0 Å². The van der Waals surface area contributed by atoms with Crippen LogP contribution in [0.2, 0.25) is 0 Å². The van der Waals surface area contributed by atoms with Gasteiger partial charge in [0.2, 0.25) is 0 Å². The molecule has 0 radical (unpaired) electrons. The van der Waals surface area contributed by atoms with Crippen molar-refractivity contribution in [2.24, 2.45) is 0 Å². The minimum atomic E-state index is -0.456. The third-order valence-corrected chi connectivity index (χ3v) is 4.26. The van der Waals surface area contributed by atoms with Gasteiger partial charge in [0, 0.05) is 26.7 Å². The molecule has 1 heterocycles. The first-order valence-electron chi connectivity index (χ1n) is 7.55. The maximum Gasteiger partial charge on any atom is 0.307 e. The third kappa shape index (κ3) is 4.43. The van der Waals surface area contributed by atoms with Gasteiger partial charge in [-0.2, -0.15) is 0 Å². The molecule has 1 unspecified atom stereocenters. The highest BCUT2D eigenvalue weighted by Gasteiger charge is 2.44. The molecule has 1 rings (SSSR count). The summed E-state index contributed by atoms with van der Waals surface area (Å²) in [4.78, 5) is 14.2. The molecule has 0 aromatic rings. The van der Waals surface area contributed by atoms with Crippen molar-refractivity contribution in [3.8, 4) is 0 Å². The van der Waals surface area contributed by atoms with Crippen LogP contribution in [0.25, 0.3) is 0 Å². The zero-order chi connectivity index (χ0) is 15.2. The Hall–Kier alpha value is -0.650. The van der Waals surface area contributed by atoms with Crippen LogP contribution < -0.4 is 0 Å². The van der Waals surface area contributed by atoms with Gasteiger partial charge in [0.25, 0.3) is 0 Å². The lowest BCUT2D eigenvalue weighted by molar-refractivity contribution is -0.212. The number of carbonyl (C=O) groups excluding carboxylic acids is 1. The number of ether oxygens (including phenoxy) is 3. The first-order valence-corrected chi connectivity index (χ1v) is 7.55. The summed E-state index contributed by atoms with van der Waals surface area (Å²) in [7, 11) is 1.66. The van der Waals surface area contributed by atoms with Gasteiger partial charge >= 0.3 is 5.97 Å². The standard InChI is InChI=1S/C15H29NO4/c1-6-16(7-2)10-8-13(17)20-14-12(3)19-11-9-15(14,4)18-5/h12,14H,6-11H2,1-5H3/t12?,14-,15+/m0/s1. The Kier molecular flexibility index (Phi) is 6.92. The topological polar surface area (TPSA) is 48.0 Å². The summed E-state index contributed by atoms with van der Waals surface area (Å²) in [5.74, 6) is -0.178. The van der Waals surface area contributed by atoms with Crippen LogP contribution in [0.5, 0.6) is 0 Å². The van der Waals surface area contributed by atoms with Crippen LogP contribution in [0.3, 0.4) is 0 Å². The molecule has 0 spiro atoms. The van der Waals surface area contributed by atoms with Crippen LogP contribution in [0.15, 0.2) is 0 Å². The second-order valence-electron chi connectivity index (χ2n) is 5.53. The zero-order valence-electron chi connectivity index (χ0n) is 13.5. The molecule has 1 aliphatic rings. The fraction of sp³-hybridized carbons (Fsp3) is 0.933. The van der Waals surface area contributed by atoms with Crippen molar-refractivity contribution in [3.63, 3.8) is 0 Å². The Labute approximate surface area is 122 Å². The highest BCUT2D eigenvalue weighted by Crippen LogP contribution is 2.30. The minimum absolute atomic E-state index is 0.133. The fourth-order valence-electron chi connectivity index (χ4n) is 2.60. The first kappa shape index (κ1) is 17.4. The number of carbonyl (C=O) groups is 1. The van der Waals surface area contributed by atoms with E-state index in [4.69, 9.17) is 14.2 Å². The number of nitrogens with zero attached hydrogens (tertiary/aromatic N) is 1. The van der Waals surface area contributed by atoms with Crippen molar-refractivity contribution in [2.45, 2.75) is 58.3 Å². The lowest BCUT2D eigenvalue weighted by Crippen LogP contribution is -2.55. The van der Waals surface area contributed by atoms with Crippen LogP contribution in [0.4, 0.5) is 0 Å². The molecular formula is C15H29NO4. The molecule has 0 aliphatic carbocycles. The molecule has 0 saturated carbocycles. The van der Waals surface area contributed by atoms with E-state index in [9.17, 15) is 4.79 Å². The van der Waals surface area contributed by atoms with Crippen LogP contribution in [0, 0.1) is 0 Å².